The molecule has 1 aliphatic heterocycles. The van der Waals surface area contributed by atoms with Crippen LogP contribution in [0.5, 0.6) is 0 Å². The zero-order chi connectivity index (χ0) is 19.3. The highest BCUT2D eigenvalue weighted by Crippen LogP contribution is 2.45. The van der Waals surface area contributed by atoms with E-state index in [0.717, 1.165) is 33.9 Å². The highest BCUT2D eigenvalue weighted by Gasteiger charge is 2.32. The topological polar surface area (TPSA) is 81.2 Å². The van der Waals surface area contributed by atoms with Crippen LogP contribution in [0.2, 0.25) is 0 Å². The Hall–Kier alpha value is -3.70. The van der Waals surface area contributed by atoms with Gasteiger partial charge in [0.1, 0.15) is 11.4 Å². The van der Waals surface area contributed by atoms with Crippen LogP contribution >= 0.6 is 0 Å². The van der Waals surface area contributed by atoms with Crippen LogP contribution in [0.4, 0.5) is 11.4 Å². The average Bonchev–Trinajstić information content (AvgIpc) is 3.28. The lowest BCUT2D eigenvalue weighted by Gasteiger charge is -2.07. The van der Waals surface area contributed by atoms with Gasteiger partial charge in [0.25, 0.3) is 5.70 Å². The molecule has 7 nitrogen and oxygen atoms in total. The Morgan fingerprint density at radius 3 is 2.36 bits per heavy atom. The van der Waals surface area contributed by atoms with Gasteiger partial charge in [0.15, 0.2) is 0 Å². The van der Waals surface area contributed by atoms with E-state index in [2.05, 4.69) is 13.6 Å². The molecule has 0 radical (unpaired) electrons. The summed E-state index contributed by atoms with van der Waals surface area (Å²) >= 11 is 1.13. The number of hydrogen-bond donors (Lipinski definition) is 0. The van der Waals surface area contributed by atoms with Gasteiger partial charge in [-0.15, -0.1) is 0 Å². The number of benzene rings is 2. The van der Waals surface area contributed by atoms with Crippen molar-refractivity contribution in [2.24, 2.45) is 8.73 Å². The SMILES string of the molecule is [C-]#[N+]/C(C(=O)OCC)=C1/c2ccccc2-c2nc3cc4c(cc3nc21)N=S=N4. The third-order valence-corrected chi connectivity index (χ3v) is 5.10. The monoisotopic (exact) mass is 385 g/mol. The van der Waals surface area contributed by atoms with Crippen LogP contribution < -0.4 is 0 Å². The molecule has 0 amide bonds. The zero-order valence-corrected chi connectivity index (χ0v) is 15.4. The first-order valence-electron chi connectivity index (χ1n) is 8.54. The van der Waals surface area contributed by atoms with Gasteiger partial charge in [0.05, 0.1) is 47.0 Å². The van der Waals surface area contributed by atoms with Crippen molar-refractivity contribution in [1.29, 1.82) is 0 Å². The molecule has 0 atom stereocenters. The predicted molar refractivity (Wildman–Crippen MR) is 106 cm³/mol. The minimum absolute atomic E-state index is 0.0851. The number of carbonyl (C=O) groups is 1. The smallest absolute Gasteiger partial charge is 0.337 e. The summed E-state index contributed by atoms with van der Waals surface area (Å²) in [6.45, 7) is 9.47. The van der Waals surface area contributed by atoms with Crippen LogP contribution in [0.3, 0.4) is 0 Å². The van der Waals surface area contributed by atoms with Crippen molar-refractivity contribution >= 4 is 45.3 Å². The molecule has 0 unspecified atom stereocenters. The number of esters is 1. The Labute approximate surface area is 163 Å². The lowest BCUT2D eigenvalue weighted by Crippen LogP contribution is -2.08. The van der Waals surface area contributed by atoms with Crippen LogP contribution in [0.1, 0.15) is 18.2 Å². The molecule has 5 rings (SSSR count). The fraction of sp³-hybridized carbons (Fsp3) is 0.100. The van der Waals surface area contributed by atoms with Crippen LogP contribution in [0.25, 0.3) is 32.7 Å². The molecular weight excluding hydrogens is 374 g/mol. The summed E-state index contributed by atoms with van der Waals surface area (Å²) in [4.78, 5) is 25.4. The van der Waals surface area contributed by atoms with Gasteiger partial charge >= 0.3 is 5.97 Å². The van der Waals surface area contributed by atoms with E-state index in [-0.39, 0.29) is 12.3 Å². The second kappa shape index (κ2) is 6.18. The predicted octanol–water partition coefficient (Wildman–Crippen LogP) is 4.58. The van der Waals surface area contributed by atoms with Crippen molar-refractivity contribution in [2.45, 2.75) is 6.92 Å². The second-order valence-electron chi connectivity index (χ2n) is 6.12. The number of aromatic nitrogens is 2. The maximum absolute atomic E-state index is 12.4. The van der Waals surface area contributed by atoms with E-state index in [1.165, 1.54) is 0 Å². The molecule has 0 saturated carbocycles. The van der Waals surface area contributed by atoms with E-state index in [1.54, 1.807) is 6.92 Å². The summed E-state index contributed by atoms with van der Waals surface area (Å²) in [5.41, 5.74) is 5.95. The highest BCUT2D eigenvalue weighted by molar-refractivity contribution is 7.58. The van der Waals surface area contributed by atoms with Crippen molar-refractivity contribution in [2.75, 3.05) is 6.61 Å². The Morgan fingerprint density at radius 2 is 1.71 bits per heavy atom. The number of ether oxygens (including phenoxy) is 1. The van der Waals surface area contributed by atoms with E-state index >= 15 is 0 Å². The lowest BCUT2D eigenvalue weighted by atomic mass is 10.0. The largest absolute Gasteiger partial charge is 0.471 e. The fourth-order valence-corrected chi connectivity index (χ4v) is 3.88. The van der Waals surface area contributed by atoms with Crippen LogP contribution in [0, 0.1) is 6.57 Å². The van der Waals surface area contributed by atoms with Gasteiger partial charge in [-0.25, -0.2) is 14.8 Å². The van der Waals surface area contributed by atoms with Gasteiger partial charge in [-0.05, 0) is 24.6 Å². The number of carbonyl (C=O) groups excluding carboxylic acids is 1. The van der Waals surface area contributed by atoms with Crippen molar-refractivity contribution in [3.63, 3.8) is 0 Å². The van der Waals surface area contributed by atoms with Crippen LogP contribution in [-0.2, 0) is 20.9 Å². The molecule has 1 aromatic heterocycles. The summed E-state index contributed by atoms with van der Waals surface area (Å²) < 4.78 is 13.6. The Morgan fingerprint density at radius 1 is 1.07 bits per heavy atom. The number of nitrogens with zero attached hydrogens (tertiary/aromatic N) is 5. The summed E-state index contributed by atoms with van der Waals surface area (Å²) in [6.07, 6.45) is 0. The molecule has 28 heavy (non-hydrogen) atoms. The Kier molecular flexibility index (Phi) is 3.64. The second-order valence-corrected chi connectivity index (χ2v) is 6.64. The van der Waals surface area contributed by atoms with Gasteiger partial charge < -0.3 is 4.74 Å². The maximum Gasteiger partial charge on any atom is 0.337 e. The third-order valence-electron chi connectivity index (χ3n) is 4.54. The molecule has 0 saturated heterocycles. The molecule has 0 bridgehead atoms. The summed E-state index contributed by atoms with van der Waals surface area (Å²) in [5, 5.41) is 0. The molecule has 1 aliphatic carbocycles. The Bertz CT molecular complexity index is 1350. The van der Waals surface area contributed by atoms with E-state index < -0.39 is 5.97 Å². The first kappa shape index (κ1) is 16.5. The normalized spacial score (nSPS) is 14.7. The van der Waals surface area contributed by atoms with E-state index in [9.17, 15) is 4.79 Å². The number of rotatable bonds is 2. The van der Waals surface area contributed by atoms with E-state index in [1.807, 2.05) is 36.4 Å². The molecule has 3 aromatic rings. The van der Waals surface area contributed by atoms with Gasteiger partial charge in [-0.1, -0.05) is 24.3 Å². The zero-order valence-electron chi connectivity index (χ0n) is 14.6. The first-order chi connectivity index (χ1) is 13.7. The standard InChI is InChI=1S/C20H11N5O2S/c1-3-27-20(26)19(21-2)16-10-6-4-5-7-11(10)17-18(16)23-13-9-15-14(24-28-25-15)8-12(13)22-17/h4-9H,3H2,1H3/b19-16-. The van der Waals surface area contributed by atoms with E-state index in [4.69, 9.17) is 21.3 Å². The maximum atomic E-state index is 12.4. The molecule has 0 N–H and O–H groups in total. The molecule has 8 heteroatoms. The van der Waals surface area contributed by atoms with Gasteiger partial charge in [-0.3, -0.25) is 4.79 Å². The minimum atomic E-state index is -0.656. The van der Waals surface area contributed by atoms with Crippen LogP contribution in [-0.4, -0.2) is 22.5 Å². The molecular formula is C20H11N5O2S. The molecule has 0 fully saturated rings. The Balaban J connectivity index is 1.85. The van der Waals surface area contributed by atoms with E-state index in [0.29, 0.717) is 28.0 Å². The van der Waals surface area contributed by atoms with Crippen molar-refractivity contribution in [3.8, 4) is 11.3 Å². The van der Waals surface area contributed by atoms with Crippen LogP contribution in [0.15, 0.2) is 50.8 Å². The van der Waals surface area contributed by atoms with Gasteiger partial charge in [-0.2, -0.15) is 8.73 Å². The summed E-state index contributed by atoms with van der Waals surface area (Å²) in [6, 6.07) is 11.2. The highest BCUT2D eigenvalue weighted by atomic mass is 32.1. The summed E-state index contributed by atoms with van der Waals surface area (Å²) in [5.74, 6) is -0.656. The minimum Gasteiger partial charge on any atom is -0.471 e. The van der Waals surface area contributed by atoms with Crippen molar-refractivity contribution in [3.05, 3.63) is 64.8 Å². The first-order valence-corrected chi connectivity index (χ1v) is 9.27. The number of hydrogen-bond acceptors (Lipinski definition) is 6. The third kappa shape index (κ3) is 2.30. The van der Waals surface area contributed by atoms with Gasteiger partial charge in [0.2, 0.25) is 0 Å². The lowest BCUT2D eigenvalue weighted by molar-refractivity contribution is -0.138. The van der Waals surface area contributed by atoms with Crippen molar-refractivity contribution in [1.82, 2.24) is 9.97 Å². The average molecular weight is 385 g/mol. The number of fused-ring (bicyclic) bond motifs is 5. The molecule has 2 aromatic carbocycles. The molecule has 2 heterocycles. The molecule has 0 spiro atoms. The fourth-order valence-electron chi connectivity index (χ4n) is 3.38. The molecule has 2 aliphatic rings. The quantitative estimate of drug-likeness (QED) is 0.253. The van der Waals surface area contributed by atoms with Crippen molar-refractivity contribution < 1.29 is 9.53 Å². The summed E-state index contributed by atoms with van der Waals surface area (Å²) in [7, 11) is 0. The van der Waals surface area contributed by atoms with Gasteiger partial charge in [0, 0.05) is 11.1 Å². The molecule has 134 valence electrons.